The SMILES string of the molecule is CCCCCCC(=O)NC(=O)NC1CCCCO1. The molecule has 1 fully saturated rings. The Morgan fingerprint density at radius 3 is 2.72 bits per heavy atom. The van der Waals surface area contributed by atoms with E-state index < -0.39 is 6.03 Å². The number of carbonyl (C=O) groups excluding carboxylic acids is 2. The van der Waals surface area contributed by atoms with E-state index in [1.165, 1.54) is 0 Å². The maximum absolute atomic E-state index is 11.5. The maximum atomic E-state index is 11.5. The second-order valence-electron chi connectivity index (χ2n) is 4.69. The van der Waals surface area contributed by atoms with Gasteiger partial charge in [0.15, 0.2) is 0 Å². The number of nitrogens with one attached hydrogen (secondary N) is 2. The third kappa shape index (κ3) is 6.59. The second kappa shape index (κ2) is 8.91. The Morgan fingerprint density at radius 1 is 1.22 bits per heavy atom. The predicted molar refractivity (Wildman–Crippen MR) is 69.0 cm³/mol. The monoisotopic (exact) mass is 256 g/mol. The molecule has 0 aromatic rings. The fourth-order valence-electron chi connectivity index (χ4n) is 1.94. The van der Waals surface area contributed by atoms with Crippen LogP contribution in [0.2, 0.25) is 0 Å². The summed E-state index contributed by atoms with van der Waals surface area (Å²) >= 11 is 0. The standard InChI is InChI=1S/C13H24N2O3/c1-2-3-4-5-8-11(16)14-13(17)15-12-9-6-7-10-18-12/h12H,2-10H2,1H3,(H2,14,15,16,17). The molecule has 3 amide bonds. The summed E-state index contributed by atoms with van der Waals surface area (Å²) in [5, 5.41) is 4.99. The van der Waals surface area contributed by atoms with Crippen LogP contribution in [0.5, 0.6) is 0 Å². The van der Waals surface area contributed by atoms with E-state index in [0.717, 1.165) is 44.9 Å². The molecule has 2 N–H and O–H groups in total. The van der Waals surface area contributed by atoms with Gasteiger partial charge in [-0.25, -0.2) is 4.79 Å². The largest absolute Gasteiger partial charge is 0.358 e. The van der Waals surface area contributed by atoms with E-state index in [9.17, 15) is 9.59 Å². The van der Waals surface area contributed by atoms with E-state index in [-0.39, 0.29) is 12.1 Å². The molecule has 0 saturated carbocycles. The van der Waals surface area contributed by atoms with Crippen LogP contribution in [-0.4, -0.2) is 24.8 Å². The minimum atomic E-state index is -0.442. The van der Waals surface area contributed by atoms with Crippen LogP contribution in [0.15, 0.2) is 0 Å². The first-order valence-corrected chi connectivity index (χ1v) is 6.94. The number of rotatable bonds is 6. The molecule has 5 nitrogen and oxygen atoms in total. The molecule has 104 valence electrons. The van der Waals surface area contributed by atoms with Crippen molar-refractivity contribution in [2.24, 2.45) is 0 Å². The molecule has 5 heteroatoms. The zero-order valence-electron chi connectivity index (χ0n) is 11.2. The van der Waals surface area contributed by atoms with Crippen molar-refractivity contribution in [1.29, 1.82) is 0 Å². The van der Waals surface area contributed by atoms with Crippen LogP contribution in [-0.2, 0) is 9.53 Å². The fraction of sp³-hybridized carbons (Fsp3) is 0.846. The van der Waals surface area contributed by atoms with Crippen LogP contribution < -0.4 is 10.6 Å². The molecule has 1 saturated heterocycles. The Bertz CT molecular complexity index is 263. The molecule has 18 heavy (non-hydrogen) atoms. The number of urea groups is 1. The Labute approximate surface area is 109 Å². The van der Waals surface area contributed by atoms with Gasteiger partial charge in [0.1, 0.15) is 6.23 Å². The highest BCUT2D eigenvalue weighted by Gasteiger charge is 2.16. The van der Waals surface area contributed by atoms with E-state index in [1.807, 2.05) is 0 Å². The molecule has 1 aliphatic heterocycles. The Morgan fingerprint density at radius 2 is 2.06 bits per heavy atom. The zero-order valence-corrected chi connectivity index (χ0v) is 11.2. The Kier molecular flexibility index (Phi) is 7.41. The number of amides is 3. The van der Waals surface area contributed by atoms with E-state index in [2.05, 4.69) is 17.6 Å². The van der Waals surface area contributed by atoms with Crippen LogP contribution >= 0.6 is 0 Å². The molecule has 0 aromatic heterocycles. The van der Waals surface area contributed by atoms with Gasteiger partial charge >= 0.3 is 6.03 Å². The molecule has 0 radical (unpaired) electrons. The fourth-order valence-corrected chi connectivity index (χ4v) is 1.94. The molecule has 0 bridgehead atoms. The van der Waals surface area contributed by atoms with Crippen LogP contribution in [0.1, 0.15) is 58.3 Å². The lowest BCUT2D eigenvalue weighted by Crippen LogP contribution is -2.46. The molecule has 1 heterocycles. The molecular weight excluding hydrogens is 232 g/mol. The molecular formula is C13H24N2O3. The lowest BCUT2D eigenvalue weighted by molar-refractivity contribution is -0.120. The van der Waals surface area contributed by atoms with Crippen molar-refractivity contribution >= 4 is 11.9 Å². The third-order valence-corrected chi connectivity index (χ3v) is 2.98. The van der Waals surface area contributed by atoms with E-state index in [4.69, 9.17) is 4.74 Å². The van der Waals surface area contributed by atoms with E-state index in [0.29, 0.717) is 13.0 Å². The summed E-state index contributed by atoms with van der Waals surface area (Å²) in [5.74, 6) is -0.209. The second-order valence-corrected chi connectivity index (χ2v) is 4.69. The number of unbranched alkanes of at least 4 members (excludes halogenated alkanes) is 3. The highest BCUT2D eigenvalue weighted by molar-refractivity contribution is 5.94. The van der Waals surface area contributed by atoms with Gasteiger partial charge in [-0.2, -0.15) is 0 Å². The van der Waals surface area contributed by atoms with Crippen LogP contribution in [0.3, 0.4) is 0 Å². The molecule has 1 unspecified atom stereocenters. The van der Waals surface area contributed by atoms with Gasteiger partial charge in [0.2, 0.25) is 5.91 Å². The minimum Gasteiger partial charge on any atom is -0.358 e. The predicted octanol–water partition coefficient (Wildman–Crippen LogP) is 2.31. The highest BCUT2D eigenvalue weighted by Crippen LogP contribution is 2.09. The van der Waals surface area contributed by atoms with Gasteiger partial charge in [-0.3, -0.25) is 10.1 Å². The average molecular weight is 256 g/mol. The highest BCUT2D eigenvalue weighted by atomic mass is 16.5. The van der Waals surface area contributed by atoms with Gasteiger partial charge in [-0.15, -0.1) is 0 Å². The normalized spacial score (nSPS) is 19.3. The van der Waals surface area contributed by atoms with Gasteiger partial charge in [0.25, 0.3) is 0 Å². The van der Waals surface area contributed by atoms with Gasteiger partial charge in [-0.1, -0.05) is 26.2 Å². The number of carbonyl (C=O) groups is 2. The van der Waals surface area contributed by atoms with Crippen molar-refractivity contribution in [3.8, 4) is 0 Å². The summed E-state index contributed by atoms with van der Waals surface area (Å²) in [6.45, 7) is 2.80. The minimum absolute atomic E-state index is 0.209. The lowest BCUT2D eigenvalue weighted by Gasteiger charge is -2.23. The van der Waals surface area contributed by atoms with Gasteiger partial charge in [0.05, 0.1) is 0 Å². The molecule has 0 spiro atoms. The molecule has 1 rings (SSSR count). The van der Waals surface area contributed by atoms with Crippen LogP contribution in [0.4, 0.5) is 4.79 Å². The van der Waals surface area contributed by atoms with Gasteiger partial charge in [-0.05, 0) is 25.7 Å². The van der Waals surface area contributed by atoms with Gasteiger partial charge < -0.3 is 10.1 Å². The summed E-state index contributed by atoms with van der Waals surface area (Å²) in [5.41, 5.74) is 0. The summed E-state index contributed by atoms with van der Waals surface area (Å²) in [4.78, 5) is 22.9. The number of hydrogen-bond acceptors (Lipinski definition) is 3. The molecule has 1 atom stereocenters. The van der Waals surface area contributed by atoms with Crippen molar-refractivity contribution in [2.45, 2.75) is 64.5 Å². The summed E-state index contributed by atoms with van der Waals surface area (Å²) < 4.78 is 5.36. The van der Waals surface area contributed by atoms with Crippen molar-refractivity contribution < 1.29 is 14.3 Å². The molecule has 1 aliphatic rings. The molecule has 0 aromatic carbocycles. The number of hydrogen-bond donors (Lipinski definition) is 2. The van der Waals surface area contributed by atoms with Crippen molar-refractivity contribution in [2.75, 3.05) is 6.61 Å². The first-order chi connectivity index (χ1) is 8.72. The molecule has 0 aliphatic carbocycles. The summed E-state index contributed by atoms with van der Waals surface area (Å²) in [7, 11) is 0. The topological polar surface area (TPSA) is 67.4 Å². The summed E-state index contributed by atoms with van der Waals surface area (Å²) in [6.07, 6.45) is 7.23. The Hall–Kier alpha value is -1.10. The van der Waals surface area contributed by atoms with E-state index in [1.54, 1.807) is 0 Å². The third-order valence-electron chi connectivity index (χ3n) is 2.98. The first kappa shape index (κ1) is 15.0. The first-order valence-electron chi connectivity index (χ1n) is 6.94. The number of imide groups is 1. The number of ether oxygens (including phenoxy) is 1. The Balaban J connectivity index is 2.08. The van der Waals surface area contributed by atoms with Crippen LogP contribution in [0.25, 0.3) is 0 Å². The van der Waals surface area contributed by atoms with Crippen molar-refractivity contribution in [3.05, 3.63) is 0 Å². The quantitative estimate of drug-likeness (QED) is 0.717. The van der Waals surface area contributed by atoms with Gasteiger partial charge in [0, 0.05) is 13.0 Å². The summed E-state index contributed by atoms with van der Waals surface area (Å²) in [6, 6.07) is -0.442. The van der Waals surface area contributed by atoms with Crippen LogP contribution in [0, 0.1) is 0 Å². The lowest BCUT2D eigenvalue weighted by atomic mass is 10.1. The zero-order chi connectivity index (χ0) is 13.2. The smallest absolute Gasteiger partial charge is 0.323 e. The van der Waals surface area contributed by atoms with E-state index >= 15 is 0 Å². The van der Waals surface area contributed by atoms with Crippen molar-refractivity contribution in [1.82, 2.24) is 10.6 Å². The maximum Gasteiger partial charge on any atom is 0.323 e. The van der Waals surface area contributed by atoms with Crippen molar-refractivity contribution in [3.63, 3.8) is 0 Å². The average Bonchev–Trinajstić information content (AvgIpc) is 2.35.